The second kappa shape index (κ2) is 13.2. The van der Waals surface area contributed by atoms with Gasteiger partial charge in [0.05, 0.1) is 6.42 Å². The van der Waals surface area contributed by atoms with E-state index in [9.17, 15) is 14.0 Å². The molecule has 3 aromatic rings. The van der Waals surface area contributed by atoms with Crippen LogP contribution >= 0.6 is 0 Å². The highest BCUT2D eigenvalue weighted by Gasteiger charge is 2.32. The fourth-order valence-electron chi connectivity index (χ4n) is 5.42. The van der Waals surface area contributed by atoms with Gasteiger partial charge in [-0.25, -0.2) is 4.39 Å². The largest absolute Gasteiger partial charge is 0.481 e. The van der Waals surface area contributed by atoms with E-state index in [0.29, 0.717) is 6.54 Å². The Bertz CT molecular complexity index is 1410. The van der Waals surface area contributed by atoms with Gasteiger partial charge in [0, 0.05) is 13.0 Å². The Kier molecular flexibility index (Phi) is 9.74. The van der Waals surface area contributed by atoms with Crippen LogP contribution in [0.15, 0.2) is 71.7 Å². The lowest BCUT2D eigenvalue weighted by Crippen LogP contribution is -2.35. The Balaban J connectivity index is 1.33. The molecule has 0 aliphatic carbocycles. The second-order valence-electron chi connectivity index (χ2n) is 11.9. The van der Waals surface area contributed by atoms with Crippen LogP contribution in [0.4, 0.5) is 4.39 Å². The minimum Gasteiger partial charge on any atom is -0.481 e. The number of hydrogen-bond acceptors (Lipinski definition) is 3. The van der Waals surface area contributed by atoms with Crippen LogP contribution in [-0.2, 0) is 34.3 Å². The summed E-state index contributed by atoms with van der Waals surface area (Å²) in [6.45, 7) is 9.27. The number of rotatable bonds is 12. The zero-order valence-corrected chi connectivity index (χ0v) is 24.6. The highest BCUT2D eigenvalue weighted by Crippen LogP contribution is 2.26. The molecule has 6 heteroatoms. The number of nitrogens with zero attached hydrogens (tertiary/aromatic N) is 2. The number of amides is 1. The molecule has 0 fully saturated rings. The number of aryl methyl sites for hydroxylation is 2. The molecule has 4 rings (SSSR count). The average molecular weight is 557 g/mol. The summed E-state index contributed by atoms with van der Waals surface area (Å²) < 4.78 is 14.0. The standard InChI is InChI=1S/C35H41FN2O3/c1-5-38-32(37-31(34(38)41)13-7-9-24-15-18-29(19-16-24)35(2,3)4)14-8-11-25-10-6-12-26(21-25)27-17-20-30(36)28(22-27)23-33(39)40/h6,10,12,15-22,31H,5,7-9,11,13-14,23H2,1-4H3,(H,39,40). The Hall–Kier alpha value is -3.80. The molecule has 3 aromatic carbocycles. The number of aliphatic carboxylic acids is 1. The number of likely N-dealkylation sites (N-methyl/N-ethyl adjacent to an activating group) is 1. The number of aliphatic imine (C=N–C) groups is 1. The monoisotopic (exact) mass is 556 g/mol. The van der Waals surface area contributed by atoms with Crippen molar-refractivity contribution in [1.82, 2.24) is 4.90 Å². The van der Waals surface area contributed by atoms with Crippen LogP contribution in [-0.4, -0.2) is 40.3 Å². The Labute approximate surface area is 243 Å². The third-order valence-electron chi connectivity index (χ3n) is 7.76. The summed E-state index contributed by atoms with van der Waals surface area (Å²) in [4.78, 5) is 30.8. The van der Waals surface area contributed by atoms with E-state index >= 15 is 0 Å². The average Bonchev–Trinajstić information content (AvgIpc) is 3.23. The van der Waals surface area contributed by atoms with Gasteiger partial charge in [-0.15, -0.1) is 0 Å². The maximum absolute atomic E-state index is 14.0. The summed E-state index contributed by atoms with van der Waals surface area (Å²) in [5, 5.41) is 9.07. The third-order valence-corrected chi connectivity index (χ3v) is 7.76. The summed E-state index contributed by atoms with van der Waals surface area (Å²) in [6, 6.07) is 21.2. The van der Waals surface area contributed by atoms with Crippen molar-refractivity contribution >= 4 is 17.7 Å². The van der Waals surface area contributed by atoms with E-state index in [4.69, 9.17) is 10.1 Å². The van der Waals surface area contributed by atoms with Gasteiger partial charge >= 0.3 is 5.97 Å². The molecule has 216 valence electrons. The number of carboxylic acids is 1. The first kappa shape index (κ1) is 30.2. The van der Waals surface area contributed by atoms with Crippen molar-refractivity contribution in [2.75, 3.05) is 6.54 Å². The van der Waals surface area contributed by atoms with Gasteiger partial charge in [0.15, 0.2) is 0 Å². The minimum absolute atomic E-state index is 0.112. The zero-order chi connectivity index (χ0) is 29.6. The smallest absolute Gasteiger partial charge is 0.307 e. The molecule has 1 aliphatic rings. The molecule has 1 aliphatic heterocycles. The highest BCUT2D eigenvalue weighted by molar-refractivity contribution is 6.05. The molecular weight excluding hydrogens is 515 g/mol. The molecule has 0 bridgehead atoms. The zero-order valence-electron chi connectivity index (χ0n) is 24.6. The van der Waals surface area contributed by atoms with E-state index in [1.54, 1.807) is 12.1 Å². The minimum atomic E-state index is -1.06. The van der Waals surface area contributed by atoms with Crippen LogP contribution < -0.4 is 0 Å². The van der Waals surface area contributed by atoms with Crippen LogP contribution in [0.2, 0.25) is 0 Å². The van der Waals surface area contributed by atoms with E-state index in [2.05, 4.69) is 57.2 Å². The highest BCUT2D eigenvalue weighted by atomic mass is 19.1. The number of halogens is 1. The van der Waals surface area contributed by atoms with Crippen molar-refractivity contribution in [2.45, 2.75) is 84.1 Å². The molecule has 0 aromatic heterocycles. The van der Waals surface area contributed by atoms with Crippen LogP contribution in [0.3, 0.4) is 0 Å². The number of hydrogen-bond donors (Lipinski definition) is 1. The quantitative estimate of drug-likeness (QED) is 0.253. The van der Waals surface area contributed by atoms with Crippen molar-refractivity contribution in [3.63, 3.8) is 0 Å². The first-order valence-electron chi connectivity index (χ1n) is 14.6. The van der Waals surface area contributed by atoms with Crippen LogP contribution in [0.1, 0.15) is 75.6 Å². The summed E-state index contributed by atoms with van der Waals surface area (Å²) in [6.07, 6.45) is 4.66. The maximum Gasteiger partial charge on any atom is 0.307 e. The maximum atomic E-state index is 14.0. The fraction of sp³-hybridized carbons (Fsp3) is 0.400. The van der Waals surface area contributed by atoms with Gasteiger partial charge in [0.1, 0.15) is 17.7 Å². The molecule has 1 heterocycles. The molecule has 0 saturated carbocycles. The normalized spacial score (nSPS) is 15.3. The Morgan fingerprint density at radius 1 is 0.927 bits per heavy atom. The third kappa shape index (κ3) is 7.90. The van der Waals surface area contributed by atoms with Gasteiger partial charge < -0.3 is 5.11 Å². The van der Waals surface area contributed by atoms with E-state index in [1.165, 1.54) is 17.2 Å². The van der Waals surface area contributed by atoms with Crippen molar-refractivity contribution < 1.29 is 19.1 Å². The molecule has 0 radical (unpaired) electrons. The SMILES string of the molecule is CCN1C(=O)C(CCCc2ccc(C(C)(C)C)cc2)N=C1CCCc1cccc(-c2ccc(F)c(CC(=O)O)c2)c1. The number of carbonyl (C=O) groups excluding carboxylic acids is 1. The number of benzene rings is 3. The van der Waals surface area contributed by atoms with Crippen molar-refractivity contribution in [3.8, 4) is 11.1 Å². The number of carbonyl (C=O) groups is 2. The lowest BCUT2D eigenvalue weighted by molar-refractivity contribution is -0.136. The van der Waals surface area contributed by atoms with Gasteiger partial charge in [0.2, 0.25) is 0 Å². The second-order valence-corrected chi connectivity index (χ2v) is 11.9. The molecule has 0 saturated heterocycles. The first-order chi connectivity index (χ1) is 19.5. The van der Waals surface area contributed by atoms with Gasteiger partial charge in [-0.1, -0.05) is 75.4 Å². The predicted octanol–water partition coefficient (Wildman–Crippen LogP) is 7.39. The number of carboxylic acid groups (broad SMARTS) is 1. The molecule has 1 N–H and O–H groups in total. The molecule has 1 atom stereocenters. The van der Waals surface area contributed by atoms with Crippen molar-refractivity contribution in [2.24, 2.45) is 4.99 Å². The van der Waals surface area contributed by atoms with Crippen molar-refractivity contribution in [1.29, 1.82) is 0 Å². The van der Waals surface area contributed by atoms with Crippen LogP contribution in [0.25, 0.3) is 11.1 Å². The van der Waals surface area contributed by atoms with Gasteiger partial charge in [-0.05, 0) is 90.0 Å². The Morgan fingerprint density at radius 2 is 1.63 bits per heavy atom. The topological polar surface area (TPSA) is 70.0 Å². The summed E-state index contributed by atoms with van der Waals surface area (Å²) in [5.74, 6) is -0.573. The van der Waals surface area contributed by atoms with Gasteiger partial charge in [0.25, 0.3) is 5.91 Å². The van der Waals surface area contributed by atoms with Crippen LogP contribution in [0, 0.1) is 5.82 Å². The van der Waals surface area contributed by atoms with Crippen molar-refractivity contribution in [3.05, 3.63) is 94.8 Å². The Morgan fingerprint density at radius 3 is 2.32 bits per heavy atom. The van der Waals surface area contributed by atoms with Gasteiger partial charge in [-0.2, -0.15) is 0 Å². The summed E-state index contributed by atoms with van der Waals surface area (Å²) in [7, 11) is 0. The lowest BCUT2D eigenvalue weighted by atomic mass is 9.86. The molecule has 1 amide bonds. The molecule has 0 spiro atoms. The molecule has 1 unspecified atom stereocenters. The van der Waals surface area contributed by atoms with E-state index < -0.39 is 11.8 Å². The summed E-state index contributed by atoms with van der Waals surface area (Å²) in [5.41, 5.74) is 5.78. The van der Waals surface area contributed by atoms with Crippen LogP contribution in [0.5, 0.6) is 0 Å². The lowest BCUT2D eigenvalue weighted by Gasteiger charge is -2.19. The summed E-state index contributed by atoms with van der Waals surface area (Å²) >= 11 is 0. The molecule has 41 heavy (non-hydrogen) atoms. The first-order valence-corrected chi connectivity index (χ1v) is 14.6. The molecular formula is C35H41FN2O3. The fourth-order valence-corrected chi connectivity index (χ4v) is 5.42. The van der Waals surface area contributed by atoms with Gasteiger partial charge in [-0.3, -0.25) is 19.5 Å². The van der Waals surface area contributed by atoms with E-state index in [0.717, 1.165) is 61.1 Å². The van der Waals surface area contributed by atoms with E-state index in [-0.39, 0.29) is 29.3 Å². The number of amidine groups is 1. The predicted molar refractivity (Wildman–Crippen MR) is 163 cm³/mol. The molecule has 5 nitrogen and oxygen atoms in total. The van der Waals surface area contributed by atoms with E-state index in [1.807, 2.05) is 24.0 Å².